The van der Waals surface area contributed by atoms with E-state index in [2.05, 4.69) is 20.5 Å². The van der Waals surface area contributed by atoms with E-state index in [1.807, 2.05) is 30.3 Å². The zero-order valence-corrected chi connectivity index (χ0v) is 16.8. The molecule has 8 heteroatoms. The van der Waals surface area contributed by atoms with Crippen LogP contribution in [-0.2, 0) is 4.79 Å². The van der Waals surface area contributed by atoms with Crippen molar-refractivity contribution in [2.45, 2.75) is 29.2 Å². The van der Waals surface area contributed by atoms with Crippen molar-refractivity contribution in [2.75, 3.05) is 12.4 Å². The molecule has 6 nitrogen and oxygen atoms in total. The number of hydrogen-bond acceptors (Lipinski definition) is 5. The van der Waals surface area contributed by atoms with E-state index in [0.29, 0.717) is 27.5 Å². The number of ether oxygens (including phenoxy) is 1. The first-order chi connectivity index (χ1) is 13.6. The Bertz CT molecular complexity index is 975. The van der Waals surface area contributed by atoms with E-state index in [0.717, 1.165) is 24.2 Å². The Morgan fingerprint density at radius 1 is 1.29 bits per heavy atom. The molecule has 2 aromatic carbocycles. The summed E-state index contributed by atoms with van der Waals surface area (Å²) in [5.41, 5.74) is 1.48. The molecule has 4 rings (SSSR count). The second kappa shape index (κ2) is 8.24. The first-order valence-electron chi connectivity index (χ1n) is 8.92. The van der Waals surface area contributed by atoms with Gasteiger partial charge in [0.1, 0.15) is 16.8 Å². The number of anilines is 1. The number of halogens is 1. The van der Waals surface area contributed by atoms with E-state index in [-0.39, 0.29) is 5.91 Å². The van der Waals surface area contributed by atoms with Gasteiger partial charge >= 0.3 is 0 Å². The molecular weight excluding hydrogens is 396 g/mol. The van der Waals surface area contributed by atoms with Crippen LogP contribution in [0.4, 0.5) is 5.69 Å². The van der Waals surface area contributed by atoms with E-state index in [4.69, 9.17) is 16.3 Å². The van der Waals surface area contributed by atoms with Crippen LogP contribution < -0.4 is 10.1 Å². The van der Waals surface area contributed by atoms with Crippen molar-refractivity contribution in [3.8, 4) is 5.75 Å². The summed E-state index contributed by atoms with van der Waals surface area (Å²) in [7, 11) is 1.55. The first-order valence-corrected chi connectivity index (χ1v) is 10.2. The van der Waals surface area contributed by atoms with Crippen molar-refractivity contribution in [3.05, 3.63) is 64.9 Å². The van der Waals surface area contributed by atoms with Gasteiger partial charge in [0.05, 0.1) is 12.1 Å². The number of thioether (sulfide) groups is 1. The van der Waals surface area contributed by atoms with E-state index in [9.17, 15) is 4.79 Å². The molecule has 0 bridgehead atoms. The maximum Gasteiger partial charge on any atom is 0.242 e. The molecule has 0 radical (unpaired) electrons. The molecular formula is C20H19ClN4O2S. The average molecular weight is 415 g/mol. The largest absolute Gasteiger partial charge is 0.495 e. The van der Waals surface area contributed by atoms with Crippen LogP contribution in [-0.4, -0.2) is 28.2 Å². The predicted molar refractivity (Wildman–Crippen MR) is 110 cm³/mol. The Balaban J connectivity index is 1.55. The van der Waals surface area contributed by atoms with Gasteiger partial charge in [-0.15, -0.1) is 5.10 Å². The molecule has 1 fully saturated rings. The Morgan fingerprint density at radius 3 is 2.75 bits per heavy atom. The average Bonchev–Trinajstić information content (AvgIpc) is 3.45. The predicted octanol–water partition coefficient (Wildman–Crippen LogP) is 4.82. The van der Waals surface area contributed by atoms with Gasteiger partial charge in [-0.2, -0.15) is 0 Å². The fraction of sp³-hybridized carbons (Fsp3) is 0.250. The normalized spacial score (nSPS) is 14.5. The zero-order chi connectivity index (χ0) is 19.5. The standard InChI is InChI=1S/C20H19ClN4O2S/c1-27-16-10-9-14(11-15(16)21)22-19(26)17(12-5-3-2-4-6-12)28-20-23-18(24-25-20)13-7-8-13/h2-6,9-11,13,17H,7-8H2,1H3,(H,22,26)(H,23,24,25). The molecule has 28 heavy (non-hydrogen) atoms. The molecule has 1 aliphatic rings. The molecule has 0 spiro atoms. The highest BCUT2D eigenvalue weighted by Gasteiger charge is 2.29. The minimum absolute atomic E-state index is 0.171. The molecule has 144 valence electrons. The first kappa shape index (κ1) is 18.8. The number of aromatic amines is 1. The number of amides is 1. The van der Waals surface area contributed by atoms with Crippen LogP contribution in [0.25, 0.3) is 0 Å². The molecule has 1 heterocycles. The van der Waals surface area contributed by atoms with Gasteiger partial charge in [-0.25, -0.2) is 4.98 Å². The molecule has 1 aliphatic carbocycles. The fourth-order valence-corrected chi connectivity index (χ4v) is 3.99. The van der Waals surface area contributed by atoms with Crippen molar-refractivity contribution in [1.29, 1.82) is 0 Å². The zero-order valence-electron chi connectivity index (χ0n) is 15.2. The monoisotopic (exact) mass is 414 g/mol. The van der Waals surface area contributed by atoms with Crippen LogP contribution in [0.3, 0.4) is 0 Å². The SMILES string of the molecule is COc1ccc(NC(=O)C(Sc2n[nH]c(C3CC3)n2)c2ccccc2)cc1Cl. The Kier molecular flexibility index (Phi) is 5.54. The Labute approximate surface area is 172 Å². The quantitative estimate of drug-likeness (QED) is 0.542. The van der Waals surface area contributed by atoms with Crippen LogP contribution in [0.15, 0.2) is 53.7 Å². The lowest BCUT2D eigenvalue weighted by Gasteiger charge is -2.16. The molecule has 1 atom stereocenters. The Morgan fingerprint density at radius 2 is 2.07 bits per heavy atom. The number of H-pyrrole nitrogens is 1. The van der Waals surface area contributed by atoms with Gasteiger partial charge in [0.25, 0.3) is 0 Å². The maximum absolute atomic E-state index is 13.1. The van der Waals surface area contributed by atoms with E-state index in [1.54, 1.807) is 25.3 Å². The number of aromatic nitrogens is 3. The molecule has 1 unspecified atom stereocenters. The summed E-state index contributed by atoms with van der Waals surface area (Å²) in [5.74, 6) is 1.76. The summed E-state index contributed by atoms with van der Waals surface area (Å²) in [6.07, 6.45) is 2.28. The second-order valence-corrected chi connectivity index (χ2v) is 8.00. The fourth-order valence-electron chi connectivity index (χ4n) is 2.81. The summed E-state index contributed by atoms with van der Waals surface area (Å²) in [5, 5.41) is 10.7. The molecule has 0 saturated heterocycles. The number of methoxy groups -OCH3 is 1. The minimum atomic E-state index is -0.495. The summed E-state index contributed by atoms with van der Waals surface area (Å²) < 4.78 is 5.16. The van der Waals surface area contributed by atoms with Crippen LogP contribution in [0.2, 0.25) is 5.02 Å². The van der Waals surface area contributed by atoms with Gasteiger partial charge in [0.2, 0.25) is 11.1 Å². The van der Waals surface area contributed by atoms with E-state index in [1.165, 1.54) is 11.8 Å². The third-order valence-corrected chi connectivity index (χ3v) is 5.84. The highest BCUT2D eigenvalue weighted by molar-refractivity contribution is 8.00. The molecule has 0 aliphatic heterocycles. The highest BCUT2D eigenvalue weighted by atomic mass is 35.5. The van der Waals surface area contributed by atoms with Gasteiger partial charge < -0.3 is 10.1 Å². The number of nitrogens with zero attached hydrogens (tertiary/aromatic N) is 2. The smallest absolute Gasteiger partial charge is 0.242 e. The molecule has 2 N–H and O–H groups in total. The number of hydrogen-bond donors (Lipinski definition) is 2. The third-order valence-electron chi connectivity index (χ3n) is 4.43. The van der Waals surface area contributed by atoms with Gasteiger partial charge in [0, 0.05) is 11.6 Å². The summed E-state index contributed by atoms with van der Waals surface area (Å²) in [4.78, 5) is 17.6. The van der Waals surface area contributed by atoms with E-state index >= 15 is 0 Å². The minimum Gasteiger partial charge on any atom is -0.495 e. The molecule has 1 saturated carbocycles. The number of carbonyl (C=O) groups excluding carboxylic acids is 1. The van der Waals surface area contributed by atoms with Crippen molar-refractivity contribution in [3.63, 3.8) is 0 Å². The maximum atomic E-state index is 13.1. The number of benzene rings is 2. The van der Waals surface area contributed by atoms with Crippen LogP contribution >= 0.6 is 23.4 Å². The van der Waals surface area contributed by atoms with Gasteiger partial charge in [-0.3, -0.25) is 9.89 Å². The second-order valence-electron chi connectivity index (χ2n) is 6.52. The lowest BCUT2D eigenvalue weighted by Crippen LogP contribution is -2.19. The Hall–Kier alpha value is -2.51. The number of carbonyl (C=O) groups is 1. The van der Waals surface area contributed by atoms with E-state index < -0.39 is 5.25 Å². The lowest BCUT2D eigenvalue weighted by atomic mass is 10.1. The van der Waals surface area contributed by atoms with Crippen molar-refractivity contribution < 1.29 is 9.53 Å². The molecule has 1 aromatic heterocycles. The highest BCUT2D eigenvalue weighted by Crippen LogP contribution is 2.40. The van der Waals surface area contributed by atoms with Crippen LogP contribution in [0.5, 0.6) is 5.75 Å². The summed E-state index contributed by atoms with van der Waals surface area (Å²) in [6.45, 7) is 0. The van der Waals surface area contributed by atoms with Gasteiger partial charge in [0.15, 0.2) is 0 Å². The van der Waals surface area contributed by atoms with Crippen LogP contribution in [0, 0.1) is 0 Å². The van der Waals surface area contributed by atoms with Gasteiger partial charge in [-0.05, 0) is 36.6 Å². The van der Waals surface area contributed by atoms with Crippen molar-refractivity contribution in [1.82, 2.24) is 15.2 Å². The third kappa shape index (κ3) is 4.31. The number of rotatable bonds is 7. The van der Waals surface area contributed by atoms with Crippen molar-refractivity contribution in [2.24, 2.45) is 0 Å². The topological polar surface area (TPSA) is 79.9 Å². The van der Waals surface area contributed by atoms with Gasteiger partial charge in [-0.1, -0.05) is 53.7 Å². The summed E-state index contributed by atoms with van der Waals surface area (Å²) >= 11 is 7.50. The number of nitrogens with one attached hydrogen (secondary N) is 2. The van der Waals surface area contributed by atoms with Crippen LogP contribution in [0.1, 0.15) is 35.4 Å². The molecule has 3 aromatic rings. The molecule has 1 amide bonds. The summed E-state index contributed by atoms with van der Waals surface area (Å²) in [6, 6.07) is 14.7. The lowest BCUT2D eigenvalue weighted by molar-refractivity contribution is -0.115. The van der Waals surface area contributed by atoms with Crippen molar-refractivity contribution >= 4 is 35.0 Å².